The van der Waals surface area contributed by atoms with Crippen LogP contribution in [0.5, 0.6) is 0 Å². The van der Waals surface area contributed by atoms with Gasteiger partial charge in [-0.3, -0.25) is 4.90 Å². The Morgan fingerprint density at radius 2 is 2.08 bits per heavy atom. The van der Waals surface area contributed by atoms with E-state index < -0.39 is 0 Å². The van der Waals surface area contributed by atoms with Crippen LogP contribution in [0.3, 0.4) is 0 Å². The zero-order valence-corrected chi connectivity index (χ0v) is 8.95. The topological polar surface area (TPSA) is 29.3 Å². The van der Waals surface area contributed by atoms with Crippen LogP contribution in [0.4, 0.5) is 0 Å². The van der Waals surface area contributed by atoms with Gasteiger partial charge < -0.3 is 5.73 Å². The average molecular weight is 186 g/mol. The first-order valence-corrected chi connectivity index (χ1v) is 4.90. The molecular weight excluding hydrogens is 168 g/mol. The predicted molar refractivity (Wildman–Crippen MR) is 56.2 cm³/mol. The summed E-state index contributed by atoms with van der Waals surface area (Å²) in [7, 11) is 0. The summed E-state index contributed by atoms with van der Waals surface area (Å²) in [6.07, 6.45) is 1.03. The van der Waals surface area contributed by atoms with Gasteiger partial charge in [-0.05, 0) is 11.8 Å². The summed E-state index contributed by atoms with van der Waals surface area (Å²) in [4.78, 5) is 3.01. The van der Waals surface area contributed by atoms with E-state index in [1.54, 1.807) is 0 Å². The number of thiocarbonyl (C=S) groups is 1. The molecule has 1 aliphatic heterocycles. The molecule has 3 heteroatoms. The number of rotatable bonds is 3. The highest BCUT2D eigenvalue weighted by atomic mass is 32.1. The third-order valence-corrected chi connectivity index (χ3v) is 2.69. The van der Waals surface area contributed by atoms with Crippen molar-refractivity contribution in [2.24, 2.45) is 11.1 Å². The van der Waals surface area contributed by atoms with E-state index in [4.69, 9.17) is 18.0 Å². The highest BCUT2D eigenvalue weighted by molar-refractivity contribution is 7.80. The Labute approximate surface area is 80.1 Å². The summed E-state index contributed by atoms with van der Waals surface area (Å²) in [5.41, 5.74) is 6.11. The van der Waals surface area contributed by atoms with Crippen LogP contribution in [0.2, 0.25) is 0 Å². The standard InChI is InChI=1S/C9H18N2S/c1-4-7(8(10)12)11-5-9(2,3)6-11/h7H,4-6H2,1-3H3,(H2,10,12). The molecule has 0 bridgehead atoms. The molecule has 0 aliphatic carbocycles. The van der Waals surface area contributed by atoms with Crippen LogP contribution in [-0.2, 0) is 0 Å². The SMILES string of the molecule is CCC(C(N)=S)N1CC(C)(C)C1. The quantitative estimate of drug-likeness (QED) is 0.675. The molecule has 2 nitrogen and oxygen atoms in total. The second-order valence-electron chi connectivity index (χ2n) is 4.40. The Hall–Kier alpha value is -0.150. The van der Waals surface area contributed by atoms with E-state index in [0.29, 0.717) is 16.4 Å². The Bertz CT molecular complexity index is 181. The van der Waals surface area contributed by atoms with Crippen molar-refractivity contribution in [3.63, 3.8) is 0 Å². The minimum absolute atomic E-state index is 0.327. The van der Waals surface area contributed by atoms with Crippen LogP contribution in [0.25, 0.3) is 0 Å². The molecule has 0 aromatic carbocycles. The highest BCUT2D eigenvalue weighted by Crippen LogP contribution is 2.31. The maximum Gasteiger partial charge on any atom is 0.0901 e. The first kappa shape index (κ1) is 9.93. The molecule has 1 atom stereocenters. The first-order valence-electron chi connectivity index (χ1n) is 4.49. The molecular formula is C9H18N2S. The van der Waals surface area contributed by atoms with Crippen LogP contribution in [0, 0.1) is 5.41 Å². The lowest BCUT2D eigenvalue weighted by atomic mass is 9.83. The molecule has 1 heterocycles. The normalized spacial score (nSPS) is 24.6. The van der Waals surface area contributed by atoms with Gasteiger partial charge in [-0.25, -0.2) is 0 Å². The van der Waals surface area contributed by atoms with Gasteiger partial charge in [-0.15, -0.1) is 0 Å². The van der Waals surface area contributed by atoms with Crippen LogP contribution in [0.15, 0.2) is 0 Å². The van der Waals surface area contributed by atoms with Crippen molar-refractivity contribution in [1.82, 2.24) is 4.90 Å². The minimum Gasteiger partial charge on any atom is -0.392 e. The molecule has 0 radical (unpaired) electrons. The van der Waals surface area contributed by atoms with Crippen LogP contribution in [0.1, 0.15) is 27.2 Å². The molecule has 12 heavy (non-hydrogen) atoms. The van der Waals surface area contributed by atoms with Crippen molar-refractivity contribution in [3.8, 4) is 0 Å². The van der Waals surface area contributed by atoms with Gasteiger partial charge in [0, 0.05) is 13.1 Å². The van der Waals surface area contributed by atoms with Crippen LogP contribution >= 0.6 is 12.2 Å². The smallest absolute Gasteiger partial charge is 0.0901 e. The monoisotopic (exact) mass is 186 g/mol. The summed E-state index contributed by atoms with van der Waals surface area (Å²) in [6, 6.07) is 0.327. The Morgan fingerprint density at radius 1 is 1.58 bits per heavy atom. The van der Waals surface area contributed by atoms with E-state index in [0.717, 1.165) is 19.5 Å². The summed E-state index contributed by atoms with van der Waals surface area (Å²) < 4.78 is 0. The number of hydrogen-bond acceptors (Lipinski definition) is 2. The second kappa shape index (κ2) is 3.30. The lowest BCUT2D eigenvalue weighted by Gasteiger charge is -2.49. The van der Waals surface area contributed by atoms with E-state index in [1.807, 2.05) is 0 Å². The van der Waals surface area contributed by atoms with Crippen molar-refractivity contribution in [2.75, 3.05) is 13.1 Å². The van der Waals surface area contributed by atoms with Crippen molar-refractivity contribution < 1.29 is 0 Å². The number of likely N-dealkylation sites (tertiary alicyclic amines) is 1. The fourth-order valence-electron chi connectivity index (χ4n) is 1.91. The van der Waals surface area contributed by atoms with Crippen LogP contribution in [-0.4, -0.2) is 29.0 Å². The van der Waals surface area contributed by atoms with Gasteiger partial charge in [0.1, 0.15) is 0 Å². The molecule has 0 aromatic heterocycles. The fraction of sp³-hybridized carbons (Fsp3) is 0.889. The van der Waals surface area contributed by atoms with Gasteiger partial charge in [0.05, 0.1) is 11.0 Å². The summed E-state index contributed by atoms with van der Waals surface area (Å²) in [5.74, 6) is 0. The summed E-state index contributed by atoms with van der Waals surface area (Å²) >= 11 is 5.00. The number of nitrogens with zero attached hydrogens (tertiary/aromatic N) is 1. The third kappa shape index (κ3) is 1.96. The highest BCUT2D eigenvalue weighted by Gasteiger charge is 2.38. The molecule has 2 N–H and O–H groups in total. The Morgan fingerprint density at radius 3 is 2.33 bits per heavy atom. The van der Waals surface area contributed by atoms with E-state index in [9.17, 15) is 0 Å². The van der Waals surface area contributed by atoms with Gasteiger partial charge in [-0.2, -0.15) is 0 Å². The van der Waals surface area contributed by atoms with E-state index in [2.05, 4.69) is 25.7 Å². The Kier molecular flexibility index (Phi) is 2.74. The van der Waals surface area contributed by atoms with Crippen molar-refractivity contribution in [2.45, 2.75) is 33.2 Å². The van der Waals surface area contributed by atoms with E-state index in [1.165, 1.54) is 0 Å². The van der Waals surface area contributed by atoms with Gasteiger partial charge in [-0.1, -0.05) is 33.0 Å². The van der Waals surface area contributed by atoms with Gasteiger partial charge >= 0.3 is 0 Å². The maximum absolute atomic E-state index is 5.64. The van der Waals surface area contributed by atoms with E-state index in [-0.39, 0.29) is 0 Å². The molecule has 1 fully saturated rings. The van der Waals surface area contributed by atoms with Crippen molar-refractivity contribution >= 4 is 17.2 Å². The molecule has 1 unspecified atom stereocenters. The molecule has 70 valence electrons. The zero-order chi connectivity index (χ0) is 9.35. The van der Waals surface area contributed by atoms with Crippen molar-refractivity contribution in [1.29, 1.82) is 0 Å². The molecule has 1 saturated heterocycles. The fourth-order valence-corrected chi connectivity index (χ4v) is 2.23. The molecule has 0 spiro atoms. The molecule has 0 amide bonds. The van der Waals surface area contributed by atoms with Crippen molar-refractivity contribution in [3.05, 3.63) is 0 Å². The molecule has 0 aromatic rings. The average Bonchev–Trinajstić information content (AvgIpc) is 1.84. The lowest BCUT2D eigenvalue weighted by molar-refractivity contribution is 0.0142. The number of hydrogen-bond donors (Lipinski definition) is 1. The minimum atomic E-state index is 0.327. The summed E-state index contributed by atoms with van der Waals surface area (Å²) in [6.45, 7) is 8.94. The zero-order valence-electron chi connectivity index (χ0n) is 8.13. The molecule has 0 saturated carbocycles. The van der Waals surface area contributed by atoms with Gasteiger partial charge in [0.2, 0.25) is 0 Å². The predicted octanol–water partition coefficient (Wildman–Crippen LogP) is 1.39. The summed E-state index contributed by atoms with van der Waals surface area (Å²) in [5, 5.41) is 0. The van der Waals surface area contributed by atoms with Gasteiger partial charge in [0.15, 0.2) is 0 Å². The third-order valence-electron chi connectivity index (χ3n) is 2.42. The number of nitrogens with two attached hydrogens (primary N) is 1. The second-order valence-corrected chi connectivity index (χ2v) is 4.87. The van der Waals surface area contributed by atoms with Crippen LogP contribution < -0.4 is 5.73 Å². The maximum atomic E-state index is 5.64. The lowest BCUT2D eigenvalue weighted by Crippen LogP contribution is -2.59. The first-order chi connectivity index (χ1) is 5.46. The largest absolute Gasteiger partial charge is 0.392 e. The Balaban J connectivity index is 2.45. The van der Waals surface area contributed by atoms with Gasteiger partial charge in [0.25, 0.3) is 0 Å². The molecule has 1 rings (SSSR count). The molecule has 1 aliphatic rings. The van der Waals surface area contributed by atoms with E-state index >= 15 is 0 Å².